The molecule has 4 fully saturated rings. The van der Waals surface area contributed by atoms with Gasteiger partial charge >= 0.3 is 6.01 Å². The summed E-state index contributed by atoms with van der Waals surface area (Å²) in [5, 5.41) is 6.33. The first-order valence-corrected chi connectivity index (χ1v) is 15.6. The third-order valence-electron chi connectivity index (χ3n) is 9.97. The Hall–Kier alpha value is -2.42. The van der Waals surface area contributed by atoms with Gasteiger partial charge in [0, 0.05) is 52.8 Å². The number of nitrogens with zero attached hydrogens (tertiary/aromatic N) is 5. The molecule has 0 amide bonds. The van der Waals surface area contributed by atoms with Crippen LogP contribution in [0.1, 0.15) is 49.8 Å². The van der Waals surface area contributed by atoms with Gasteiger partial charge in [0.15, 0.2) is 0 Å². The molecule has 0 spiro atoms. The van der Waals surface area contributed by atoms with E-state index < -0.39 is 0 Å². The number of nitrogens with one attached hydrogen (secondary N) is 1. The van der Waals surface area contributed by atoms with Crippen molar-refractivity contribution in [2.75, 3.05) is 49.1 Å². The van der Waals surface area contributed by atoms with Gasteiger partial charge in [0.1, 0.15) is 12.4 Å². The summed E-state index contributed by atoms with van der Waals surface area (Å²) >= 11 is 3.76. The van der Waals surface area contributed by atoms with Gasteiger partial charge in [0.05, 0.1) is 17.8 Å². The van der Waals surface area contributed by atoms with Crippen LogP contribution in [0.15, 0.2) is 40.9 Å². The Morgan fingerprint density at radius 1 is 0.974 bits per heavy atom. The van der Waals surface area contributed by atoms with Crippen molar-refractivity contribution < 1.29 is 4.74 Å². The van der Waals surface area contributed by atoms with Crippen LogP contribution >= 0.6 is 15.9 Å². The molecule has 5 aliphatic heterocycles. The van der Waals surface area contributed by atoms with Crippen LogP contribution in [0.3, 0.4) is 0 Å². The van der Waals surface area contributed by atoms with E-state index in [0.717, 1.165) is 48.6 Å². The molecule has 1 N–H and O–H groups in total. The van der Waals surface area contributed by atoms with Crippen LogP contribution in [-0.4, -0.2) is 71.8 Å². The average molecular weight is 590 g/mol. The summed E-state index contributed by atoms with van der Waals surface area (Å²) in [5.41, 5.74) is 3.90. The number of ether oxygens (including phenoxy) is 1. The first-order chi connectivity index (χ1) is 19.1. The van der Waals surface area contributed by atoms with Gasteiger partial charge in [-0.1, -0.05) is 40.2 Å². The van der Waals surface area contributed by atoms with E-state index in [-0.39, 0.29) is 5.54 Å². The lowest BCUT2D eigenvalue weighted by atomic mass is 9.95. The van der Waals surface area contributed by atoms with Crippen LogP contribution in [0, 0.1) is 0 Å². The predicted octanol–water partition coefficient (Wildman–Crippen LogP) is 4.90. The van der Waals surface area contributed by atoms with Gasteiger partial charge in [-0.3, -0.25) is 4.90 Å². The third kappa shape index (κ3) is 4.30. The highest BCUT2D eigenvalue weighted by Gasteiger charge is 2.45. The zero-order chi connectivity index (χ0) is 26.0. The summed E-state index contributed by atoms with van der Waals surface area (Å²) in [6.45, 7) is 6.91. The molecule has 2 aromatic carbocycles. The summed E-state index contributed by atoms with van der Waals surface area (Å²) in [7, 11) is 0. The van der Waals surface area contributed by atoms with E-state index in [4.69, 9.17) is 14.7 Å². The Balaban J connectivity index is 1.14. The van der Waals surface area contributed by atoms with Gasteiger partial charge in [-0.2, -0.15) is 9.97 Å². The van der Waals surface area contributed by atoms with Crippen molar-refractivity contribution >= 4 is 38.2 Å². The monoisotopic (exact) mass is 588 g/mol. The molecule has 39 heavy (non-hydrogen) atoms. The first-order valence-electron chi connectivity index (χ1n) is 14.9. The number of hydrogen-bond donors (Lipinski definition) is 1. The van der Waals surface area contributed by atoms with Gasteiger partial charge in [-0.05, 0) is 75.6 Å². The van der Waals surface area contributed by atoms with Crippen molar-refractivity contribution in [1.82, 2.24) is 20.2 Å². The van der Waals surface area contributed by atoms with Crippen molar-refractivity contribution in [1.29, 1.82) is 0 Å². The third-order valence-corrected chi connectivity index (χ3v) is 10.4. The molecule has 2 bridgehead atoms. The number of hydrogen-bond acceptors (Lipinski definition) is 7. The van der Waals surface area contributed by atoms with Gasteiger partial charge < -0.3 is 19.9 Å². The fourth-order valence-electron chi connectivity index (χ4n) is 8.07. The number of rotatable bonds is 5. The number of aromatic nitrogens is 2. The highest BCUT2D eigenvalue weighted by atomic mass is 79.9. The SMILES string of the molecule is Brc1cc(N2CCc3c(nc(OCC45CCCN4CCC5)nc3N3CC4CCC(C3)N4)C2)c2ccccc2c1. The van der Waals surface area contributed by atoms with E-state index in [0.29, 0.717) is 24.7 Å². The second kappa shape index (κ2) is 9.60. The average Bonchev–Trinajstić information content (AvgIpc) is 3.64. The molecule has 5 aliphatic rings. The number of anilines is 2. The summed E-state index contributed by atoms with van der Waals surface area (Å²) in [5.74, 6) is 1.12. The summed E-state index contributed by atoms with van der Waals surface area (Å²) in [4.78, 5) is 18.0. The van der Waals surface area contributed by atoms with Crippen LogP contribution < -0.4 is 19.9 Å². The molecule has 204 valence electrons. The standard InChI is InChI=1S/C31H37BrN6O/c32-22-15-21-5-1-2-6-25(21)28(16-22)36-14-9-26-27(19-36)34-30(39-20-31-10-3-12-38(31)13-4-11-31)35-29(26)37-17-23-7-8-24(18-37)33-23/h1-2,5-6,15-16,23-24,33H,3-4,7-14,17-20H2. The molecule has 0 radical (unpaired) electrons. The van der Waals surface area contributed by atoms with E-state index in [2.05, 4.69) is 72.3 Å². The summed E-state index contributed by atoms with van der Waals surface area (Å²) in [6.07, 6.45) is 8.49. The zero-order valence-electron chi connectivity index (χ0n) is 22.5. The molecule has 6 heterocycles. The highest BCUT2D eigenvalue weighted by Crippen LogP contribution is 2.40. The molecule has 4 saturated heterocycles. The maximum Gasteiger partial charge on any atom is 0.318 e. The van der Waals surface area contributed by atoms with Crippen molar-refractivity contribution in [2.45, 2.75) is 69.1 Å². The van der Waals surface area contributed by atoms with E-state index >= 15 is 0 Å². The summed E-state index contributed by atoms with van der Waals surface area (Å²) in [6, 6.07) is 14.8. The van der Waals surface area contributed by atoms with E-state index in [1.165, 1.54) is 73.6 Å². The molecule has 8 rings (SSSR count). The molecule has 2 atom stereocenters. The molecule has 0 saturated carbocycles. The molecular weight excluding hydrogens is 552 g/mol. The fraction of sp³-hybridized carbons (Fsp3) is 0.548. The van der Waals surface area contributed by atoms with Crippen LogP contribution in [-0.2, 0) is 13.0 Å². The molecule has 2 unspecified atom stereocenters. The minimum Gasteiger partial charge on any atom is -0.461 e. The lowest BCUT2D eigenvalue weighted by Gasteiger charge is -2.38. The second-order valence-electron chi connectivity index (χ2n) is 12.3. The number of halogens is 1. The second-order valence-corrected chi connectivity index (χ2v) is 13.2. The Labute approximate surface area is 239 Å². The van der Waals surface area contributed by atoms with Crippen molar-refractivity contribution in [3.63, 3.8) is 0 Å². The minimum atomic E-state index is 0.189. The molecule has 8 heteroatoms. The minimum absolute atomic E-state index is 0.189. The quantitative estimate of drug-likeness (QED) is 0.455. The van der Waals surface area contributed by atoms with E-state index in [1.54, 1.807) is 0 Å². The zero-order valence-corrected chi connectivity index (χ0v) is 24.1. The van der Waals surface area contributed by atoms with Crippen molar-refractivity contribution in [2.24, 2.45) is 0 Å². The molecule has 7 nitrogen and oxygen atoms in total. The lowest BCUT2D eigenvalue weighted by molar-refractivity contribution is 0.107. The molecule has 0 aliphatic carbocycles. The number of piperazine rings is 1. The topological polar surface area (TPSA) is 56.8 Å². The van der Waals surface area contributed by atoms with Crippen LogP contribution in [0.2, 0.25) is 0 Å². The van der Waals surface area contributed by atoms with Crippen molar-refractivity contribution in [3.05, 3.63) is 52.1 Å². The Bertz CT molecular complexity index is 1390. The Kier molecular flexibility index (Phi) is 6.00. The Morgan fingerprint density at radius 2 is 1.77 bits per heavy atom. The van der Waals surface area contributed by atoms with Gasteiger partial charge in [-0.15, -0.1) is 0 Å². The first kappa shape index (κ1) is 24.4. The van der Waals surface area contributed by atoms with Crippen LogP contribution in [0.25, 0.3) is 10.8 Å². The van der Waals surface area contributed by atoms with Gasteiger partial charge in [0.25, 0.3) is 0 Å². The van der Waals surface area contributed by atoms with Crippen LogP contribution in [0.4, 0.5) is 11.5 Å². The van der Waals surface area contributed by atoms with Crippen LogP contribution in [0.5, 0.6) is 6.01 Å². The largest absolute Gasteiger partial charge is 0.461 e. The summed E-state index contributed by atoms with van der Waals surface area (Å²) < 4.78 is 7.67. The number of fused-ring (bicyclic) bond motifs is 5. The lowest BCUT2D eigenvalue weighted by Crippen LogP contribution is -2.52. The van der Waals surface area contributed by atoms with Gasteiger partial charge in [-0.25, -0.2) is 0 Å². The van der Waals surface area contributed by atoms with E-state index in [9.17, 15) is 0 Å². The highest BCUT2D eigenvalue weighted by molar-refractivity contribution is 9.10. The molecule has 3 aromatic rings. The Morgan fingerprint density at radius 3 is 2.59 bits per heavy atom. The predicted molar refractivity (Wildman–Crippen MR) is 159 cm³/mol. The van der Waals surface area contributed by atoms with E-state index in [1.807, 2.05) is 0 Å². The maximum absolute atomic E-state index is 6.56. The maximum atomic E-state index is 6.56. The van der Waals surface area contributed by atoms with Crippen molar-refractivity contribution in [3.8, 4) is 6.01 Å². The molecule has 1 aromatic heterocycles. The number of benzene rings is 2. The fourth-order valence-corrected chi connectivity index (χ4v) is 8.53. The van der Waals surface area contributed by atoms with Gasteiger partial charge in [0.2, 0.25) is 0 Å². The normalized spacial score (nSPS) is 25.8. The molecular formula is C31H37BrN6O. The smallest absolute Gasteiger partial charge is 0.318 e.